The number of hydrogen-bond donors (Lipinski definition) is 0. The van der Waals surface area contributed by atoms with Crippen LogP contribution in [-0.2, 0) is 0 Å². The molecule has 0 saturated heterocycles. The zero-order valence-electron chi connectivity index (χ0n) is 20.1. The van der Waals surface area contributed by atoms with E-state index in [1.54, 1.807) is 12.1 Å². The van der Waals surface area contributed by atoms with Crippen molar-refractivity contribution in [3.8, 4) is 0 Å². The molecule has 0 aliphatic rings. The Hall–Kier alpha value is -1.55. The van der Waals surface area contributed by atoms with Crippen molar-refractivity contribution in [1.29, 1.82) is 0 Å². The van der Waals surface area contributed by atoms with Gasteiger partial charge in [0.25, 0.3) is 0 Å². The summed E-state index contributed by atoms with van der Waals surface area (Å²) >= 11 is 0. The molecule has 0 fully saturated rings. The molecule has 0 nitrogen and oxygen atoms in total. The third kappa shape index (κ3) is 5.80. The third-order valence-corrected chi connectivity index (χ3v) is 11.8. The summed E-state index contributed by atoms with van der Waals surface area (Å²) < 4.78 is 93.4. The molecular weight excluding hydrogens is 469 g/mol. The van der Waals surface area contributed by atoms with Gasteiger partial charge in [0.15, 0.2) is 0 Å². The molecule has 2 aromatic rings. The molecule has 0 unspecified atom stereocenters. The molecule has 34 heavy (non-hydrogen) atoms. The van der Waals surface area contributed by atoms with Crippen LogP contribution in [0.4, 0.5) is 26.3 Å². The van der Waals surface area contributed by atoms with Gasteiger partial charge < -0.3 is 0 Å². The number of benzene rings is 2. The predicted octanol–water partition coefficient (Wildman–Crippen LogP) is 8.80. The Kier molecular flexibility index (Phi) is 10.5. The summed E-state index contributed by atoms with van der Waals surface area (Å²) in [4.78, 5) is 0. The maximum atomic E-state index is 16.3. The van der Waals surface area contributed by atoms with E-state index in [1.807, 2.05) is 13.8 Å². The van der Waals surface area contributed by atoms with E-state index in [-0.39, 0.29) is 29.6 Å². The van der Waals surface area contributed by atoms with Gasteiger partial charge in [-0.15, -0.1) is 0 Å². The Balaban J connectivity index is 2.65. The molecule has 0 radical (unpaired) electrons. The van der Waals surface area contributed by atoms with Crippen molar-refractivity contribution in [2.75, 3.05) is 6.16 Å². The molecule has 7 heteroatoms. The van der Waals surface area contributed by atoms with Crippen LogP contribution in [0.15, 0.2) is 60.7 Å². The predicted molar refractivity (Wildman–Crippen MR) is 133 cm³/mol. The SMILES string of the molecule is CCCCCCC(F)(F)C(F)(F)C(F)(F)[PH](CCCCCC)(c1ccccc1)c1ccccc1. The zero-order valence-corrected chi connectivity index (χ0v) is 21.1. The topological polar surface area (TPSA) is 0 Å². The van der Waals surface area contributed by atoms with E-state index in [9.17, 15) is 8.78 Å². The van der Waals surface area contributed by atoms with Crippen LogP contribution in [0.3, 0.4) is 0 Å². The van der Waals surface area contributed by atoms with Gasteiger partial charge in [0.2, 0.25) is 0 Å². The van der Waals surface area contributed by atoms with Gasteiger partial charge in [-0.2, -0.15) is 0 Å². The second kappa shape index (κ2) is 12.4. The van der Waals surface area contributed by atoms with Crippen molar-refractivity contribution >= 4 is 17.9 Å². The van der Waals surface area contributed by atoms with E-state index in [0.717, 1.165) is 19.3 Å². The average Bonchev–Trinajstić information content (AvgIpc) is 2.83. The first-order chi connectivity index (χ1) is 16.1. The van der Waals surface area contributed by atoms with Crippen molar-refractivity contribution in [3.05, 3.63) is 60.7 Å². The Morgan fingerprint density at radius 2 is 1.03 bits per heavy atom. The minimum absolute atomic E-state index is 0.0594. The molecular formula is C27H37F6P. The molecule has 0 heterocycles. The van der Waals surface area contributed by atoms with Gasteiger partial charge >= 0.3 is 200 Å². The number of unbranched alkanes of at least 4 members (excludes halogenated alkanes) is 6. The van der Waals surface area contributed by atoms with Gasteiger partial charge in [-0.25, -0.2) is 0 Å². The molecule has 0 aliphatic carbocycles. The molecule has 0 N–H and O–H groups in total. The molecule has 192 valence electrons. The van der Waals surface area contributed by atoms with Crippen LogP contribution in [0.5, 0.6) is 0 Å². The number of alkyl halides is 6. The summed E-state index contributed by atoms with van der Waals surface area (Å²) in [5.41, 5.74) is -4.90. The first-order valence-corrected chi connectivity index (χ1v) is 14.5. The van der Waals surface area contributed by atoms with Crippen LogP contribution in [0.25, 0.3) is 0 Å². The Labute approximate surface area is 200 Å². The van der Waals surface area contributed by atoms with Crippen LogP contribution in [0, 0.1) is 0 Å². The molecule has 0 atom stereocenters. The Morgan fingerprint density at radius 3 is 1.47 bits per heavy atom. The molecule has 2 rings (SSSR count). The Bertz CT molecular complexity index is 799. The number of halogens is 6. The van der Waals surface area contributed by atoms with Crippen molar-refractivity contribution in [2.45, 2.75) is 89.1 Å². The molecule has 0 saturated carbocycles. The molecule has 0 aromatic heterocycles. The van der Waals surface area contributed by atoms with Crippen LogP contribution in [0.2, 0.25) is 0 Å². The molecule has 0 aliphatic heterocycles. The average molecular weight is 507 g/mol. The Morgan fingerprint density at radius 1 is 0.588 bits per heavy atom. The number of rotatable bonds is 15. The fraction of sp³-hybridized carbons (Fsp3) is 0.556. The fourth-order valence-electron chi connectivity index (χ4n) is 4.67. The van der Waals surface area contributed by atoms with Crippen LogP contribution in [-0.4, -0.2) is 23.7 Å². The monoisotopic (exact) mass is 506 g/mol. The molecule has 0 amide bonds. The second-order valence-electron chi connectivity index (χ2n) is 9.11. The first kappa shape index (κ1) is 28.7. The van der Waals surface area contributed by atoms with Gasteiger partial charge in [0.05, 0.1) is 0 Å². The molecule has 2 aromatic carbocycles. The first-order valence-electron chi connectivity index (χ1n) is 12.3. The van der Waals surface area contributed by atoms with E-state index in [0.29, 0.717) is 19.3 Å². The van der Waals surface area contributed by atoms with Crippen molar-refractivity contribution in [2.24, 2.45) is 0 Å². The van der Waals surface area contributed by atoms with E-state index in [4.69, 9.17) is 0 Å². The summed E-state index contributed by atoms with van der Waals surface area (Å²) in [6.45, 7) is 3.82. The van der Waals surface area contributed by atoms with Crippen LogP contribution in [0.1, 0.15) is 71.6 Å². The van der Waals surface area contributed by atoms with Crippen molar-refractivity contribution in [1.82, 2.24) is 0 Å². The van der Waals surface area contributed by atoms with E-state index in [1.165, 1.54) is 48.5 Å². The fourth-order valence-corrected chi connectivity index (χ4v) is 9.64. The summed E-state index contributed by atoms with van der Waals surface area (Å²) in [5, 5.41) is 0.119. The van der Waals surface area contributed by atoms with E-state index in [2.05, 4.69) is 0 Å². The summed E-state index contributed by atoms with van der Waals surface area (Å²) in [6.07, 6.45) is 2.42. The molecule has 0 bridgehead atoms. The summed E-state index contributed by atoms with van der Waals surface area (Å²) in [6, 6.07) is 14.9. The van der Waals surface area contributed by atoms with E-state index < -0.39 is 31.2 Å². The van der Waals surface area contributed by atoms with Crippen LogP contribution < -0.4 is 10.6 Å². The van der Waals surface area contributed by atoms with Gasteiger partial charge in [0, 0.05) is 0 Å². The van der Waals surface area contributed by atoms with E-state index >= 15 is 17.6 Å². The van der Waals surface area contributed by atoms with Gasteiger partial charge in [-0.1, -0.05) is 0 Å². The van der Waals surface area contributed by atoms with Crippen molar-refractivity contribution in [3.63, 3.8) is 0 Å². The van der Waals surface area contributed by atoms with Gasteiger partial charge in [0.1, 0.15) is 0 Å². The summed E-state index contributed by atoms with van der Waals surface area (Å²) in [5.74, 6) is -10.3. The standard InChI is InChI=1S/C27H37F6P/c1-3-5-7-15-21-25(28,29)26(30,31)27(32,33)34(22-16-8-6-4-2,23-17-11-9-12-18-23)24-19-13-10-14-20-24/h9-14,17-20,34H,3-8,15-16,21-22H2,1-2H3. The zero-order chi connectivity index (χ0) is 25.3. The number of hydrogen-bond acceptors (Lipinski definition) is 0. The quantitative estimate of drug-likeness (QED) is 0.129. The van der Waals surface area contributed by atoms with Gasteiger partial charge in [-0.3, -0.25) is 0 Å². The normalized spacial score (nSPS) is 13.8. The van der Waals surface area contributed by atoms with Gasteiger partial charge in [-0.05, 0) is 0 Å². The summed E-state index contributed by atoms with van der Waals surface area (Å²) in [7, 11) is -4.69. The van der Waals surface area contributed by atoms with Crippen molar-refractivity contribution < 1.29 is 26.3 Å². The minimum atomic E-state index is -5.48. The maximum absolute atomic E-state index is 16.3. The second-order valence-corrected chi connectivity index (χ2v) is 13.2. The van der Waals surface area contributed by atoms with Crippen LogP contribution >= 0.6 is 7.26 Å². The molecule has 0 spiro atoms. The third-order valence-electron chi connectivity index (χ3n) is 6.67.